The zero-order valence-electron chi connectivity index (χ0n) is 13.2. The molecule has 3 aromatic rings. The summed E-state index contributed by atoms with van der Waals surface area (Å²) < 4.78 is 12.2. The smallest absolute Gasteiger partial charge is 0.345 e. The molecule has 0 spiro atoms. The summed E-state index contributed by atoms with van der Waals surface area (Å²) >= 11 is 0. The van der Waals surface area contributed by atoms with Gasteiger partial charge in [-0.1, -0.05) is 0 Å². The molecule has 6 heteroatoms. The van der Waals surface area contributed by atoms with Crippen LogP contribution in [0.1, 0.15) is 30.2 Å². The van der Waals surface area contributed by atoms with Gasteiger partial charge in [-0.25, -0.2) is 14.5 Å². The number of pyridine rings is 1. The van der Waals surface area contributed by atoms with Crippen LogP contribution in [0.3, 0.4) is 0 Å². The van der Waals surface area contributed by atoms with Crippen molar-refractivity contribution in [1.29, 1.82) is 0 Å². The molecule has 118 valence electrons. The number of nitrogens with zero attached hydrogens (tertiary/aromatic N) is 3. The monoisotopic (exact) mass is 311 g/mol. The molecule has 0 fully saturated rings. The van der Waals surface area contributed by atoms with E-state index in [1.807, 2.05) is 18.5 Å². The van der Waals surface area contributed by atoms with Crippen molar-refractivity contribution in [3.05, 3.63) is 48.3 Å². The topological polar surface area (TPSA) is 66.2 Å². The van der Waals surface area contributed by atoms with Gasteiger partial charge in [0, 0.05) is 17.6 Å². The predicted molar refractivity (Wildman–Crippen MR) is 85.9 cm³/mol. The van der Waals surface area contributed by atoms with E-state index in [9.17, 15) is 4.79 Å². The predicted octanol–water partition coefficient (Wildman–Crippen LogP) is 3.24. The lowest BCUT2D eigenvalue weighted by molar-refractivity contribution is 0.0734. The molecule has 6 nitrogen and oxygen atoms in total. The fourth-order valence-corrected chi connectivity index (χ4v) is 2.24. The van der Waals surface area contributed by atoms with Gasteiger partial charge in [0.1, 0.15) is 11.5 Å². The zero-order chi connectivity index (χ0) is 16.4. The van der Waals surface area contributed by atoms with Crippen molar-refractivity contribution in [1.82, 2.24) is 14.8 Å². The lowest BCUT2D eigenvalue weighted by atomic mass is 10.2. The van der Waals surface area contributed by atoms with Crippen molar-refractivity contribution in [2.45, 2.75) is 19.9 Å². The van der Waals surface area contributed by atoms with Crippen molar-refractivity contribution in [3.8, 4) is 11.5 Å². The number of ether oxygens (including phenoxy) is 2. The number of benzene rings is 1. The van der Waals surface area contributed by atoms with Crippen molar-refractivity contribution < 1.29 is 14.3 Å². The van der Waals surface area contributed by atoms with Crippen LogP contribution in [-0.4, -0.2) is 27.8 Å². The van der Waals surface area contributed by atoms with Crippen LogP contribution in [0.2, 0.25) is 0 Å². The Morgan fingerprint density at radius 1 is 1.13 bits per heavy atom. The van der Waals surface area contributed by atoms with Crippen molar-refractivity contribution in [2.24, 2.45) is 0 Å². The summed E-state index contributed by atoms with van der Waals surface area (Å²) in [6.45, 7) is 4.06. The zero-order valence-corrected chi connectivity index (χ0v) is 13.2. The molecule has 23 heavy (non-hydrogen) atoms. The van der Waals surface area contributed by atoms with Crippen molar-refractivity contribution in [2.75, 3.05) is 7.11 Å². The van der Waals surface area contributed by atoms with E-state index >= 15 is 0 Å². The highest BCUT2D eigenvalue weighted by Crippen LogP contribution is 2.20. The fourth-order valence-electron chi connectivity index (χ4n) is 2.24. The largest absolute Gasteiger partial charge is 0.497 e. The van der Waals surface area contributed by atoms with Crippen LogP contribution in [0, 0.1) is 0 Å². The van der Waals surface area contributed by atoms with Crippen LogP contribution < -0.4 is 9.47 Å². The average molecular weight is 311 g/mol. The Morgan fingerprint density at radius 2 is 1.83 bits per heavy atom. The second-order valence-corrected chi connectivity index (χ2v) is 5.38. The van der Waals surface area contributed by atoms with E-state index in [1.165, 1.54) is 6.20 Å². The van der Waals surface area contributed by atoms with E-state index < -0.39 is 5.97 Å². The van der Waals surface area contributed by atoms with Gasteiger partial charge in [-0.15, -0.1) is 0 Å². The summed E-state index contributed by atoms with van der Waals surface area (Å²) in [5.41, 5.74) is 1.14. The molecule has 0 N–H and O–H groups in total. The Bertz CT molecular complexity index is 838. The Labute approximate surface area is 133 Å². The molecule has 2 heterocycles. The number of hydrogen-bond donors (Lipinski definition) is 0. The summed E-state index contributed by atoms with van der Waals surface area (Å²) in [5.74, 6) is 0.699. The van der Waals surface area contributed by atoms with E-state index in [1.54, 1.807) is 43.6 Å². The standard InChI is InChI=1S/C17H17N3O3/c1-11(2)20-16-12(10-19-20)8-13(9-18-16)17(21)23-15-6-4-14(22-3)5-7-15/h4-11H,1-3H3. The number of rotatable bonds is 4. The molecule has 1 aromatic carbocycles. The molecule has 3 rings (SSSR count). The third-order valence-electron chi connectivity index (χ3n) is 3.43. The Balaban J connectivity index is 1.82. The molecule has 0 aliphatic heterocycles. The van der Waals surface area contributed by atoms with Gasteiger partial charge in [0.25, 0.3) is 0 Å². The van der Waals surface area contributed by atoms with Crippen LogP contribution in [0.25, 0.3) is 11.0 Å². The number of hydrogen-bond acceptors (Lipinski definition) is 5. The van der Waals surface area contributed by atoms with E-state index in [-0.39, 0.29) is 6.04 Å². The maximum absolute atomic E-state index is 12.2. The second kappa shape index (κ2) is 6.08. The number of carbonyl (C=O) groups is 1. The molecule has 0 bridgehead atoms. The SMILES string of the molecule is COc1ccc(OC(=O)c2cnc3c(cnn3C(C)C)c2)cc1. The van der Waals surface area contributed by atoms with Crippen LogP contribution in [0.4, 0.5) is 0 Å². The van der Waals surface area contributed by atoms with E-state index in [0.29, 0.717) is 17.1 Å². The summed E-state index contributed by atoms with van der Waals surface area (Å²) in [4.78, 5) is 16.6. The highest BCUT2D eigenvalue weighted by atomic mass is 16.5. The Hall–Kier alpha value is -2.89. The van der Waals surface area contributed by atoms with E-state index in [2.05, 4.69) is 10.1 Å². The van der Waals surface area contributed by atoms with Gasteiger partial charge in [-0.3, -0.25) is 0 Å². The molecule has 2 aromatic heterocycles. The maximum Gasteiger partial charge on any atom is 0.345 e. The first-order valence-corrected chi connectivity index (χ1v) is 7.28. The molecule has 0 aliphatic carbocycles. The van der Waals surface area contributed by atoms with Gasteiger partial charge in [-0.2, -0.15) is 5.10 Å². The molecule has 0 radical (unpaired) electrons. The minimum absolute atomic E-state index is 0.206. The normalized spacial score (nSPS) is 11.0. The highest BCUT2D eigenvalue weighted by molar-refractivity contribution is 5.94. The molecule has 0 unspecified atom stereocenters. The molecular formula is C17H17N3O3. The summed E-state index contributed by atoms with van der Waals surface area (Å²) in [5, 5.41) is 5.09. The van der Waals surface area contributed by atoms with E-state index in [0.717, 1.165) is 11.0 Å². The number of esters is 1. The minimum atomic E-state index is -0.457. The maximum atomic E-state index is 12.2. The molecule has 0 saturated heterocycles. The van der Waals surface area contributed by atoms with Crippen LogP contribution in [-0.2, 0) is 0 Å². The summed E-state index contributed by atoms with van der Waals surface area (Å²) in [6.07, 6.45) is 3.21. The van der Waals surface area contributed by atoms with Gasteiger partial charge in [0.05, 0.1) is 18.9 Å². The van der Waals surface area contributed by atoms with Crippen molar-refractivity contribution >= 4 is 17.0 Å². The first-order valence-electron chi connectivity index (χ1n) is 7.28. The van der Waals surface area contributed by atoms with Gasteiger partial charge >= 0.3 is 5.97 Å². The molecule has 0 atom stereocenters. The molecular weight excluding hydrogens is 294 g/mol. The number of methoxy groups -OCH3 is 1. The average Bonchev–Trinajstić information content (AvgIpc) is 2.98. The number of fused-ring (bicyclic) bond motifs is 1. The fraction of sp³-hybridized carbons (Fsp3) is 0.235. The third kappa shape index (κ3) is 3.01. The summed E-state index contributed by atoms with van der Waals surface area (Å²) in [7, 11) is 1.58. The van der Waals surface area contributed by atoms with Crippen LogP contribution >= 0.6 is 0 Å². The van der Waals surface area contributed by atoms with Gasteiger partial charge < -0.3 is 9.47 Å². The van der Waals surface area contributed by atoms with E-state index in [4.69, 9.17) is 9.47 Å². The lowest BCUT2D eigenvalue weighted by Gasteiger charge is -2.07. The quantitative estimate of drug-likeness (QED) is 0.546. The minimum Gasteiger partial charge on any atom is -0.497 e. The van der Waals surface area contributed by atoms with Gasteiger partial charge in [0.2, 0.25) is 0 Å². The Morgan fingerprint density at radius 3 is 2.48 bits per heavy atom. The molecule has 0 amide bonds. The third-order valence-corrected chi connectivity index (χ3v) is 3.43. The van der Waals surface area contributed by atoms with Crippen molar-refractivity contribution in [3.63, 3.8) is 0 Å². The van der Waals surface area contributed by atoms with Gasteiger partial charge in [0.15, 0.2) is 5.65 Å². The lowest BCUT2D eigenvalue weighted by Crippen LogP contribution is -2.09. The Kier molecular flexibility index (Phi) is 3.97. The van der Waals surface area contributed by atoms with Crippen LogP contribution in [0.15, 0.2) is 42.7 Å². The first kappa shape index (κ1) is 15.0. The first-order chi connectivity index (χ1) is 11.1. The summed E-state index contributed by atoms with van der Waals surface area (Å²) in [6, 6.07) is 8.77. The van der Waals surface area contributed by atoms with Gasteiger partial charge in [-0.05, 0) is 44.2 Å². The number of aromatic nitrogens is 3. The molecule has 0 saturated carbocycles. The molecule has 0 aliphatic rings. The van der Waals surface area contributed by atoms with Crippen LogP contribution in [0.5, 0.6) is 11.5 Å². The second-order valence-electron chi connectivity index (χ2n) is 5.38. The number of carbonyl (C=O) groups excluding carboxylic acids is 1. The highest BCUT2D eigenvalue weighted by Gasteiger charge is 2.13.